The predicted octanol–water partition coefficient (Wildman–Crippen LogP) is 2.71. The number of anilines is 1. The summed E-state index contributed by atoms with van der Waals surface area (Å²) in [6.45, 7) is 7.41. The lowest BCUT2D eigenvalue weighted by Gasteiger charge is -2.19. The molecule has 0 saturated heterocycles. The van der Waals surface area contributed by atoms with E-state index in [2.05, 4.69) is 16.6 Å². The van der Waals surface area contributed by atoms with E-state index in [0.29, 0.717) is 11.3 Å². The summed E-state index contributed by atoms with van der Waals surface area (Å²) in [4.78, 5) is 12.4. The molecule has 0 heterocycles. The zero-order chi connectivity index (χ0) is 23.9. The van der Waals surface area contributed by atoms with Gasteiger partial charge in [0, 0.05) is 25.3 Å². The normalized spacial score (nSPS) is 12.0. The fourth-order valence-corrected chi connectivity index (χ4v) is 5.48. The van der Waals surface area contributed by atoms with E-state index in [-0.39, 0.29) is 30.3 Å². The molecule has 2 rings (SSSR count). The van der Waals surface area contributed by atoms with Crippen molar-refractivity contribution in [2.24, 2.45) is 0 Å². The van der Waals surface area contributed by atoms with Crippen LogP contribution >= 0.6 is 0 Å². The summed E-state index contributed by atoms with van der Waals surface area (Å²) in [7, 11) is -7.39. The lowest BCUT2D eigenvalue weighted by atomic mass is 10.2. The third-order valence-corrected chi connectivity index (χ3v) is 7.91. The summed E-state index contributed by atoms with van der Waals surface area (Å²) >= 11 is 0. The first kappa shape index (κ1) is 25.7. The first-order chi connectivity index (χ1) is 15.0. The van der Waals surface area contributed by atoms with Gasteiger partial charge in [0.2, 0.25) is 20.0 Å². The Balaban J connectivity index is 2.20. The maximum absolute atomic E-state index is 14.3. The van der Waals surface area contributed by atoms with Crippen molar-refractivity contribution in [1.82, 2.24) is 9.03 Å². The third-order valence-electron chi connectivity index (χ3n) is 4.54. The Labute approximate surface area is 188 Å². The van der Waals surface area contributed by atoms with Gasteiger partial charge in [0.15, 0.2) is 0 Å². The van der Waals surface area contributed by atoms with Crippen LogP contribution in [0.3, 0.4) is 0 Å². The van der Waals surface area contributed by atoms with Crippen molar-refractivity contribution in [3.63, 3.8) is 0 Å². The summed E-state index contributed by atoms with van der Waals surface area (Å²) < 4.78 is 67.0. The Bertz CT molecular complexity index is 1180. The third kappa shape index (κ3) is 6.45. The Morgan fingerprint density at radius 3 is 2.25 bits per heavy atom. The van der Waals surface area contributed by atoms with E-state index >= 15 is 0 Å². The first-order valence-electron chi connectivity index (χ1n) is 9.82. The number of amides is 1. The van der Waals surface area contributed by atoms with Crippen molar-refractivity contribution in [1.29, 1.82) is 0 Å². The molecule has 0 saturated carbocycles. The molecule has 2 aromatic rings. The van der Waals surface area contributed by atoms with Crippen LogP contribution in [-0.2, 0) is 25.8 Å². The molecule has 8 nitrogen and oxygen atoms in total. The summed E-state index contributed by atoms with van der Waals surface area (Å²) in [5.41, 5.74) is 0.364. The Kier molecular flexibility index (Phi) is 8.67. The van der Waals surface area contributed by atoms with E-state index < -0.39 is 37.3 Å². The quantitative estimate of drug-likeness (QED) is 0.477. The van der Waals surface area contributed by atoms with Gasteiger partial charge in [0.25, 0.3) is 5.91 Å². The highest BCUT2D eigenvalue weighted by molar-refractivity contribution is 7.89. The van der Waals surface area contributed by atoms with Gasteiger partial charge in [0.1, 0.15) is 5.82 Å². The summed E-state index contributed by atoms with van der Waals surface area (Å²) in [5, 5.41) is 2.49. The van der Waals surface area contributed by atoms with Gasteiger partial charge in [-0.2, -0.15) is 4.31 Å². The molecular weight excluding hydrogens is 457 g/mol. The van der Waals surface area contributed by atoms with Gasteiger partial charge in [-0.05, 0) is 35.9 Å². The lowest BCUT2D eigenvalue weighted by molar-refractivity contribution is 0.102. The number of rotatable bonds is 11. The molecule has 0 atom stereocenters. The zero-order valence-corrected chi connectivity index (χ0v) is 19.5. The number of hydrogen-bond acceptors (Lipinski definition) is 5. The van der Waals surface area contributed by atoms with Crippen molar-refractivity contribution in [2.75, 3.05) is 25.0 Å². The van der Waals surface area contributed by atoms with E-state index in [1.165, 1.54) is 34.6 Å². The van der Waals surface area contributed by atoms with E-state index in [1.807, 2.05) is 0 Å². The molecule has 2 N–H and O–H groups in total. The standard InChI is InChI=1S/C21H26FN3O5S2/c1-4-13-23-31(27,28)15-16-7-9-17(10-8-16)24-21(26)19-14-18(11-12-20(19)22)32(29,30)25(5-2)6-3/h4,7-12,14,23H,1,5-6,13,15H2,2-3H3,(H,24,26). The number of carbonyl (C=O) groups excluding carboxylic acids is 1. The van der Waals surface area contributed by atoms with E-state index in [1.54, 1.807) is 13.8 Å². The average Bonchev–Trinajstić information content (AvgIpc) is 2.74. The van der Waals surface area contributed by atoms with Crippen LogP contribution in [0.15, 0.2) is 60.0 Å². The molecule has 0 spiro atoms. The molecule has 1 amide bonds. The van der Waals surface area contributed by atoms with E-state index in [9.17, 15) is 26.0 Å². The second kappa shape index (κ2) is 10.8. The lowest BCUT2D eigenvalue weighted by Crippen LogP contribution is -2.31. The highest BCUT2D eigenvalue weighted by atomic mass is 32.2. The molecular formula is C21H26FN3O5S2. The molecule has 0 bridgehead atoms. The van der Waals surface area contributed by atoms with Crippen LogP contribution in [0.2, 0.25) is 0 Å². The second-order valence-corrected chi connectivity index (χ2v) is 10.5. The molecule has 11 heteroatoms. The molecule has 0 aliphatic heterocycles. The Morgan fingerprint density at radius 1 is 1.06 bits per heavy atom. The predicted molar refractivity (Wildman–Crippen MR) is 122 cm³/mol. The average molecular weight is 484 g/mol. The maximum atomic E-state index is 14.3. The number of halogens is 1. The van der Waals surface area contributed by atoms with Gasteiger partial charge in [-0.1, -0.05) is 32.1 Å². The molecule has 32 heavy (non-hydrogen) atoms. The molecule has 0 unspecified atom stereocenters. The number of hydrogen-bond donors (Lipinski definition) is 2. The van der Waals surface area contributed by atoms with Crippen LogP contribution in [0.4, 0.5) is 10.1 Å². The number of sulfonamides is 2. The molecule has 0 fully saturated rings. The summed E-state index contributed by atoms with van der Waals surface area (Å²) in [5.74, 6) is -1.95. The van der Waals surface area contributed by atoms with Crippen LogP contribution in [0.1, 0.15) is 29.8 Å². The van der Waals surface area contributed by atoms with Gasteiger partial charge in [-0.15, -0.1) is 6.58 Å². The SMILES string of the molecule is C=CCNS(=O)(=O)Cc1ccc(NC(=O)c2cc(S(=O)(=O)N(CC)CC)ccc2F)cc1. The summed E-state index contributed by atoms with van der Waals surface area (Å²) in [6.07, 6.45) is 1.43. The van der Waals surface area contributed by atoms with Crippen LogP contribution < -0.4 is 10.0 Å². The van der Waals surface area contributed by atoms with Gasteiger partial charge < -0.3 is 5.32 Å². The van der Waals surface area contributed by atoms with Crippen LogP contribution in [-0.4, -0.2) is 46.7 Å². The van der Waals surface area contributed by atoms with Crippen molar-refractivity contribution in [3.05, 3.63) is 72.1 Å². The maximum Gasteiger partial charge on any atom is 0.258 e. The molecule has 0 aromatic heterocycles. The fourth-order valence-electron chi connectivity index (χ4n) is 2.89. The van der Waals surface area contributed by atoms with E-state index in [4.69, 9.17) is 0 Å². The molecule has 0 radical (unpaired) electrons. The highest BCUT2D eigenvalue weighted by Crippen LogP contribution is 2.21. The smallest absolute Gasteiger partial charge is 0.258 e. The van der Waals surface area contributed by atoms with Gasteiger partial charge >= 0.3 is 0 Å². The largest absolute Gasteiger partial charge is 0.322 e. The monoisotopic (exact) mass is 483 g/mol. The van der Waals surface area contributed by atoms with Crippen molar-refractivity contribution in [3.8, 4) is 0 Å². The highest BCUT2D eigenvalue weighted by Gasteiger charge is 2.24. The minimum absolute atomic E-state index is 0.116. The van der Waals surface area contributed by atoms with Gasteiger partial charge in [0.05, 0.1) is 16.2 Å². The molecule has 174 valence electrons. The number of benzene rings is 2. The molecule has 0 aliphatic carbocycles. The molecule has 2 aromatic carbocycles. The fraction of sp³-hybridized carbons (Fsp3) is 0.286. The Hall–Kier alpha value is -2.60. The Morgan fingerprint density at radius 2 is 1.69 bits per heavy atom. The number of nitrogens with one attached hydrogen (secondary N) is 2. The van der Waals surface area contributed by atoms with Crippen molar-refractivity contribution < 1.29 is 26.0 Å². The topological polar surface area (TPSA) is 113 Å². The van der Waals surface area contributed by atoms with Crippen LogP contribution in [0.25, 0.3) is 0 Å². The second-order valence-electron chi connectivity index (χ2n) is 6.78. The number of carbonyl (C=O) groups is 1. The van der Waals surface area contributed by atoms with E-state index in [0.717, 1.165) is 18.2 Å². The minimum Gasteiger partial charge on any atom is -0.322 e. The summed E-state index contributed by atoms with van der Waals surface area (Å²) in [6, 6.07) is 9.05. The van der Waals surface area contributed by atoms with Crippen LogP contribution in [0, 0.1) is 5.82 Å². The first-order valence-corrected chi connectivity index (χ1v) is 12.9. The minimum atomic E-state index is -3.86. The van der Waals surface area contributed by atoms with Crippen molar-refractivity contribution >= 4 is 31.6 Å². The van der Waals surface area contributed by atoms with Crippen LogP contribution in [0.5, 0.6) is 0 Å². The van der Waals surface area contributed by atoms with Gasteiger partial charge in [-0.3, -0.25) is 4.79 Å². The molecule has 0 aliphatic rings. The zero-order valence-electron chi connectivity index (χ0n) is 17.8. The van der Waals surface area contributed by atoms with Gasteiger partial charge in [-0.25, -0.2) is 25.9 Å². The van der Waals surface area contributed by atoms with Crippen molar-refractivity contribution in [2.45, 2.75) is 24.5 Å². The number of nitrogens with zero attached hydrogens (tertiary/aromatic N) is 1.